The van der Waals surface area contributed by atoms with Crippen molar-refractivity contribution >= 4 is 5.57 Å². The van der Waals surface area contributed by atoms with Gasteiger partial charge in [-0.15, -0.1) is 0 Å². The zero-order chi connectivity index (χ0) is 14.5. The van der Waals surface area contributed by atoms with Crippen molar-refractivity contribution in [3.63, 3.8) is 0 Å². The lowest BCUT2D eigenvalue weighted by molar-refractivity contribution is 0.625. The van der Waals surface area contributed by atoms with E-state index in [0.29, 0.717) is 0 Å². The van der Waals surface area contributed by atoms with E-state index in [1.54, 1.807) is 12.1 Å². The Balaban J connectivity index is 1.98. The van der Waals surface area contributed by atoms with E-state index in [1.807, 2.05) is 6.92 Å². The molecule has 0 spiro atoms. The Kier molecular flexibility index (Phi) is 4.70. The van der Waals surface area contributed by atoms with Crippen LogP contribution in [0.3, 0.4) is 0 Å². The van der Waals surface area contributed by atoms with Crippen LogP contribution < -0.4 is 5.32 Å². The number of halogens is 1. The third kappa shape index (κ3) is 3.78. The van der Waals surface area contributed by atoms with E-state index in [2.05, 4.69) is 37.0 Å². The minimum atomic E-state index is -0.196. The average Bonchev–Trinajstić information content (AvgIpc) is 2.43. The first kappa shape index (κ1) is 14.5. The summed E-state index contributed by atoms with van der Waals surface area (Å²) >= 11 is 0. The third-order valence-corrected chi connectivity index (χ3v) is 3.40. The van der Waals surface area contributed by atoms with E-state index >= 15 is 0 Å². The van der Waals surface area contributed by atoms with Crippen LogP contribution in [0.25, 0.3) is 5.57 Å². The standard InChI is InChI=1S/C18H20FN/c1-13(2)16-7-4-14(3)17(10-16)12-20-11-15-5-8-18(19)9-6-15/h4-10,20H,1,11-12H2,2-3H3. The average molecular weight is 269 g/mol. The van der Waals surface area contributed by atoms with E-state index in [4.69, 9.17) is 0 Å². The van der Waals surface area contributed by atoms with Gasteiger partial charge in [0.25, 0.3) is 0 Å². The Labute approximate surface area is 120 Å². The first-order valence-corrected chi connectivity index (χ1v) is 6.77. The fraction of sp³-hybridized carbons (Fsp3) is 0.222. The Morgan fingerprint density at radius 2 is 1.80 bits per heavy atom. The predicted octanol–water partition coefficient (Wildman–Crippen LogP) is 4.46. The molecular weight excluding hydrogens is 249 g/mol. The maximum Gasteiger partial charge on any atom is 0.123 e. The maximum atomic E-state index is 12.8. The number of aryl methyl sites for hydroxylation is 1. The van der Waals surface area contributed by atoms with Gasteiger partial charge >= 0.3 is 0 Å². The second-order valence-electron chi connectivity index (χ2n) is 5.15. The van der Waals surface area contributed by atoms with Gasteiger partial charge in [0.1, 0.15) is 5.82 Å². The fourth-order valence-electron chi connectivity index (χ4n) is 2.07. The molecule has 0 saturated carbocycles. The van der Waals surface area contributed by atoms with E-state index in [0.717, 1.165) is 24.2 Å². The van der Waals surface area contributed by atoms with Crippen LogP contribution in [0.4, 0.5) is 4.39 Å². The Morgan fingerprint density at radius 3 is 2.45 bits per heavy atom. The summed E-state index contributed by atoms with van der Waals surface area (Å²) < 4.78 is 12.8. The lowest BCUT2D eigenvalue weighted by Crippen LogP contribution is -2.13. The highest BCUT2D eigenvalue weighted by atomic mass is 19.1. The number of rotatable bonds is 5. The van der Waals surface area contributed by atoms with Gasteiger partial charge in [-0.05, 0) is 54.3 Å². The molecule has 2 aromatic rings. The highest BCUT2D eigenvalue weighted by Crippen LogP contribution is 2.17. The number of hydrogen-bond donors (Lipinski definition) is 1. The summed E-state index contributed by atoms with van der Waals surface area (Å²) in [5.41, 5.74) is 5.87. The van der Waals surface area contributed by atoms with E-state index in [9.17, 15) is 4.39 Å². The van der Waals surface area contributed by atoms with Crippen LogP contribution >= 0.6 is 0 Å². The SMILES string of the molecule is C=C(C)c1ccc(C)c(CNCc2ccc(F)cc2)c1. The van der Waals surface area contributed by atoms with Gasteiger partial charge in [0.05, 0.1) is 0 Å². The second kappa shape index (κ2) is 6.49. The highest BCUT2D eigenvalue weighted by Gasteiger charge is 2.01. The van der Waals surface area contributed by atoms with Crippen LogP contribution in [0.2, 0.25) is 0 Å². The molecule has 0 heterocycles. The quantitative estimate of drug-likeness (QED) is 0.845. The largest absolute Gasteiger partial charge is 0.309 e. The summed E-state index contributed by atoms with van der Waals surface area (Å²) in [7, 11) is 0. The maximum absolute atomic E-state index is 12.8. The molecule has 0 bridgehead atoms. The molecule has 0 aliphatic heterocycles. The Morgan fingerprint density at radius 1 is 1.10 bits per heavy atom. The molecule has 0 saturated heterocycles. The summed E-state index contributed by atoms with van der Waals surface area (Å²) in [4.78, 5) is 0. The number of allylic oxidation sites excluding steroid dienone is 1. The van der Waals surface area contributed by atoms with Crippen LogP contribution in [-0.2, 0) is 13.1 Å². The smallest absolute Gasteiger partial charge is 0.123 e. The second-order valence-corrected chi connectivity index (χ2v) is 5.15. The zero-order valence-corrected chi connectivity index (χ0v) is 12.0. The third-order valence-electron chi connectivity index (χ3n) is 3.40. The van der Waals surface area contributed by atoms with Crippen molar-refractivity contribution in [3.8, 4) is 0 Å². The van der Waals surface area contributed by atoms with Crippen molar-refractivity contribution < 1.29 is 4.39 Å². The first-order chi connectivity index (χ1) is 9.56. The van der Waals surface area contributed by atoms with Gasteiger partial charge in [-0.3, -0.25) is 0 Å². The number of benzene rings is 2. The molecule has 104 valence electrons. The van der Waals surface area contributed by atoms with Crippen LogP contribution in [-0.4, -0.2) is 0 Å². The van der Waals surface area contributed by atoms with Gasteiger partial charge in [0.2, 0.25) is 0 Å². The van der Waals surface area contributed by atoms with E-state index in [-0.39, 0.29) is 5.82 Å². The van der Waals surface area contributed by atoms with Crippen molar-refractivity contribution in [3.05, 3.63) is 77.1 Å². The summed E-state index contributed by atoms with van der Waals surface area (Å²) in [6.45, 7) is 9.63. The lowest BCUT2D eigenvalue weighted by atomic mass is 10.0. The fourth-order valence-corrected chi connectivity index (χ4v) is 2.07. The molecule has 2 heteroatoms. The summed E-state index contributed by atoms with van der Waals surface area (Å²) in [6, 6.07) is 13.0. The van der Waals surface area contributed by atoms with Crippen molar-refractivity contribution in [2.45, 2.75) is 26.9 Å². The van der Waals surface area contributed by atoms with Crippen LogP contribution in [0.5, 0.6) is 0 Å². The molecule has 0 radical (unpaired) electrons. The topological polar surface area (TPSA) is 12.0 Å². The molecule has 0 aliphatic rings. The van der Waals surface area contributed by atoms with Gasteiger partial charge in [-0.2, -0.15) is 0 Å². The molecule has 0 aromatic heterocycles. The van der Waals surface area contributed by atoms with Crippen LogP contribution in [0.15, 0.2) is 49.0 Å². The van der Waals surface area contributed by atoms with Crippen molar-refractivity contribution in [1.29, 1.82) is 0 Å². The molecule has 0 unspecified atom stereocenters. The molecular formula is C18H20FN. The molecule has 0 amide bonds. The van der Waals surface area contributed by atoms with E-state index < -0.39 is 0 Å². The number of nitrogens with one attached hydrogen (secondary N) is 1. The Bertz CT molecular complexity index is 599. The normalized spacial score (nSPS) is 10.6. The molecule has 0 aliphatic carbocycles. The summed E-state index contributed by atoms with van der Waals surface area (Å²) in [5.74, 6) is -0.196. The molecule has 2 aromatic carbocycles. The van der Waals surface area contributed by atoms with E-state index in [1.165, 1.54) is 28.8 Å². The van der Waals surface area contributed by atoms with Gasteiger partial charge in [-0.25, -0.2) is 4.39 Å². The highest BCUT2D eigenvalue weighted by molar-refractivity contribution is 5.62. The predicted molar refractivity (Wildman–Crippen MR) is 82.8 cm³/mol. The van der Waals surface area contributed by atoms with Crippen molar-refractivity contribution in [2.24, 2.45) is 0 Å². The molecule has 20 heavy (non-hydrogen) atoms. The monoisotopic (exact) mass is 269 g/mol. The first-order valence-electron chi connectivity index (χ1n) is 6.77. The zero-order valence-electron chi connectivity index (χ0n) is 12.0. The molecule has 1 nitrogen and oxygen atoms in total. The van der Waals surface area contributed by atoms with Crippen LogP contribution in [0, 0.1) is 12.7 Å². The summed E-state index contributed by atoms with van der Waals surface area (Å²) in [6.07, 6.45) is 0. The minimum Gasteiger partial charge on any atom is -0.309 e. The summed E-state index contributed by atoms with van der Waals surface area (Å²) in [5, 5.41) is 3.39. The molecule has 0 fully saturated rings. The van der Waals surface area contributed by atoms with Crippen molar-refractivity contribution in [1.82, 2.24) is 5.32 Å². The minimum absolute atomic E-state index is 0.196. The molecule has 2 rings (SSSR count). The lowest BCUT2D eigenvalue weighted by Gasteiger charge is -2.10. The van der Waals surface area contributed by atoms with Gasteiger partial charge in [0, 0.05) is 13.1 Å². The van der Waals surface area contributed by atoms with Gasteiger partial charge in [0.15, 0.2) is 0 Å². The van der Waals surface area contributed by atoms with Gasteiger partial charge in [-0.1, -0.05) is 36.4 Å². The van der Waals surface area contributed by atoms with Crippen LogP contribution in [0.1, 0.15) is 29.2 Å². The number of hydrogen-bond acceptors (Lipinski definition) is 1. The van der Waals surface area contributed by atoms with Crippen molar-refractivity contribution in [2.75, 3.05) is 0 Å². The van der Waals surface area contributed by atoms with Gasteiger partial charge < -0.3 is 5.32 Å². The molecule has 1 N–H and O–H groups in total. The Hall–Kier alpha value is -1.93. The molecule has 0 atom stereocenters.